The van der Waals surface area contributed by atoms with Crippen molar-refractivity contribution in [2.45, 2.75) is 38.3 Å². The van der Waals surface area contributed by atoms with Gasteiger partial charge >= 0.3 is 0 Å². The zero-order chi connectivity index (χ0) is 22.1. The second kappa shape index (κ2) is 9.01. The minimum Gasteiger partial charge on any atom is -0.486 e. The molecule has 6 heteroatoms. The van der Waals surface area contributed by atoms with Crippen molar-refractivity contribution >= 4 is 5.69 Å². The van der Waals surface area contributed by atoms with Gasteiger partial charge in [0.1, 0.15) is 19.3 Å². The van der Waals surface area contributed by atoms with E-state index in [4.69, 9.17) is 9.47 Å². The van der Waals surface area contributed by atoms with Crippen LogP contribution in [0.25, 0.3) is 11.1 Å². The van der Waals surface area contributed by atoms with Gasteiger partial charge in [-0.2, -0.15) is 5.26 Å². The molecule has 0 spiro atoms. The fourth-order valence-electron chi connectivity index (χ4n) is 5.39. The Morgan fingerprint density at radius 1 is 1.03 bits per heavy atom. The molecule has 2 atom stereocenters. The van der Waals surface area contributed by atoms with E-state index in [1.807, 2.05) is 37.3 Å². The van der Waals surface area contributed by atoms with Crippen molar-refractivity contribution in [3.8, 4) is 28.7 Å². The summed E-state index contributed by atoms with van der Waals surface area (Å²) in [5.74, 6) is 1.90. The molecular formula is C26H31N3O3. The highest BCUT2D eigenvalue weighted by atomic mass is 16.6. The Morgan fingerprint density at radius 3 is 2.53 bits per heavy atom. The largest absolute Gasteiger partial charge is 0.486 e. The summed E-state index contributed by atoms with van der Waals surface area (Å²) in [6.07, 6.45) is 3.05. The Balaban J connectivity index is 1.33. The zero-order valence-corrected chi connectivity index (χ0v) is 18.7. The highest BCUT2D eigenvalue weighted by Gasteiger charge is 2.33. The van der Waals surface area contributed by atoms with Crippen molar-refractivity contribution in [3.63, 3.8) is 0 Å². The van der Waals surface area contributed by atoms with E-state index in [1.54, 1.807) is 0 Å². The Kier molecular flexibility index (Phi) is 5.95. The van der Waals surface area contributed by atoms with Gasteiger partial charge in [-0.25, -0.2) is 0 Å². The van der Waals surface area contributed by atoms with Crippen LogP contribution in [0.3, 0.4) is 0 Å². The molecule has 168 valence electrons. The molecule has 0 bridgehead atoms. The van der Waals surface area contributed by atoms with Crippen molar-refractivity contribution in [2.75, 3.05) is 44.3 Å². The van der Waals surface area contributed by atoms with Crippen LogP contribution in [0.15, 0.2) is 36.4 Å². The first kappa shape index (κ1) is 21.1. The average molecular weight is 434 g/mol. The van der Waals surface area contributed by atoms with Crippen LogP contribution in [0.5, 0.6) is 11.5 Å². The lowest BCUT2D eigenvalue weighted by molar-refractivity contribution is 0.118. The first-order chi connectivity index (χ1) is 15.6. The molecule has 32 heavy (non-hydrogen) atoms. The maximum absolute atomic E-state index is 10.1. The SMILES string of the molecule is CC(O)C1CCN(C2CCN(c3cccc(-c4ccc5c(c4)OCCO5)c3C#N)CC2)C1. The van der Waals surface area contributed by atoms with E-state index in [1.165, 1.54) is 0 Å². The number of fused-ring (bicyclic) bond motifs is 1. The molecule has 2 unspecified atom stereocenters. The molecule has 2 fully saturated rings. The number of anilines is 1. The number of piperidine rings is 1. The maximum atomic E-state index is 10.1. The second-order valence-corrected chi connectivity index (χ2v) is 9.17. The van der Waals surface area contributed by atoms with Gasteiger partial charge in [0, 0.05) is 31.2 Å². The van der Waals surface area contributed by atoms with E-state index >= 15 is 0 Å². The lowest BCUT2D eigenvalue weighted by Gasteiger charge is -2.38. The van der Waals surface area contributed by atoms with E-state index in [9.17, 15) is 10.4 Å². The highest BCUT2D eigenvalue weighted by molar-refractivity contribution is 5.79. The third-order valence-corrected chi connectivity index (χ3v) is 7.27. The summed E-state index contributed by atoms with van der Waals surface area (Å²) >= 11 is 0. The number of benzene rings is 2. The molecule has 2 aromatic carbocycles. The minimum absolute atomic E-state index is 0.221. The zero-order valence-electron chi connectivity index (χ0n) is 18.7. The quantitative estimate of drug-likeness (QED) is 0.794. The Hall–Kier alpha value is -2.75. The number of nitrogens with zero attached hydrogens (tertiary/aromatic N) is 3. The first-order valence-electron chi connectivity index (χ1n) is 11.7. The summed E-state index contributed by atoms with van der Waals surface area (Å²) in [5.41, 5.74) is 3.65. The number of aliphatic hydroxyl groups is 1. The van der Waals surface area contributed by atoms with Gasteiger partial charge in [-0.1, -0.05) is 18.2 Å². The van der Waals surface area contributed by atoms with Crippen LogP contribution in [0, 0.1) is 17.2 Å². The van der Waals surface area contributed by atoms with E-state index in [-0.39, 0.29) is 6.10 Å². The van der Waals surface area contributed by atoms with Crippen molar-refractivity contribution in [3.05, 3.63) is 42.0 Å². The van der Waals surface area contributed by atoms with Gasteiger partial charge < -0.3 is 19.5 Å². The summed E-state index contributed by atoms with van der Waals surface area (Å²) in [5, 5.41) is 20.0. The third-order valence-electron chi connectivity index (χ3n) is 7.27. The lowest BCUT2D eigenvalue weighted by atomic mass is 9.96. The van der Waals surface area contributed by atoms with E-state index in [2.05, 4.69) is 21.9 Å². The molecule has 0 aromatic heterocycles. The van der Waals surface area contributed by atoms with Gasteiger partial charge in [0.15, 0.2) is 11.5 Å². The van der Waals surface area contributed by atoms with Gasteiger partial charge in [0.2, 0.25) is 0 Å². The molecule has 6 nitrogen and oxygen atoms in total. The monoisotopic (exact) mass is 433 g/mol. The van der Waals surface area contributed by atoms with Crippen LogP contribution >= 0.6 is 0 Å². The van der Waals surface area contributed by atoms with Crippen LogP contribution in [0.4, 0.5) is 5.69 Å². The van der Waals surface area contributed by atoms with Crippen LogP contribution in [-0.4, -0.2) is 61.5 Å². The normalized spacial score (nSPS) is 22.5. The number of rotatable bonds is 4. The summed E-state index contributed by atoms with van der Waals surface area (Å²) < 4.78 is 11.4. The molecule has 1 N–H and O–H groups in total. The van der Waals surface area contributed by atoms with Crippen LogP contribution in [0.2, 0.25) is 0 Å². The van der Waals surface area contributed by atoms with Crippen molar-refractivity contribution in [1.82, 2.24) is 4.90 Å². The summed E-state index contributed by atoms with van der Waals surface area (Å²) in [7, 11) is 0. The maximum Gasteiger partial charge on any atom is 0.161 e. The molecule has 3 aliphatic heterocycles. The smallest absolute Gasteiger partial charge is 0.161 e. The van der Waals surface area contributed by atoms with E-state index in [0.717, 1.165) is 79.3 Å². The first-order valence-corrected chi connectivity index (χ1v) is 11.7. The van der Waals surface area contributed by atoms with Crippen LogP contribution < -0.4 is 14.4 Å². The van der Waals surface area contributed by atoms with Gasteiger partial charge in [-0.3, -0.25) is 4.90 Å². The topological polar surface area (TPSA) is 69.0 Å². The molecule has 3 heterocycles. The average Bonchev–Trinajstić information content (AvgIpc) is 3.34. The van der Waals surface area contributed by atoms with Gasteiger partial charge in [0.25, 0.3) is 0 Å². The molecular weight excluding hydrogens is 402 g/mol. The van der Waals surface area contributed by atoms with Crippen LogP contribution in [-0.2, 0) is 0 Å². The Bertz CT molecular complexity index is 1010. The third kappa shape index (κ3) is 4.03. The molecule has 5 rings (SSSR count). The molecule has 0 saturated carbocycles. The van der Waals surface area contributed by atoms with Crippen molar-refractivity contribution in [1.29, 1.82) is 5.26 Å². The van der Waals surface area contributed by atoms with Crippen LogP contribution in [0.1, 0.15) is 31.7 Å². The number of aliphatic hydroxyl groups excluding tert-OH is 1. The number of hydrogen-bond acceptors (Lipinski definition) is 6. The molecule has 2 saturated heterocycles. The summed E-state index contributed by atoms with van der Waals surface area (Å²) in [6.45, 7) is 7.01. The number of likely N-dealkylation sites (tertiary alicyclic amines) is 1. The predicted octanol–water partition coefficient (Wildman–Crippen LogP) is 3.67. The molecule has 2 aromatic rings. The highest BCUT2D eigenvalue weighted by Crippen LogP contribution is 2.38. The number of hydrogen-bond donors (Lipinski definition) is 1. The summed E-state index contributed by atoms with van der Waals surface area (Å²) in [6, 6.07) is 15.1. The molecule has 0 amide bonds. The van der Waals surface area contributed by atoms with Gasteiger partial charge in [-0.15, -0.1) is 0 Å². The van der Waals surface area contributed by atoms with Crippen molar-refractivity contribution in [2.24, 2.45) is 5.92 Å². The molecule has 3 aliphatic rings. The van der Waals surface area contributed by atoms with E-state index in [0.29, 0.717) is 25.2 Å². The van der Waals surface area contributed by atoms with E-state index < -0.39 is 0 Å². The lowest BCUT2D eigenvalue weighted by Crippen LogP contribution is -2.44. The number of ether oxygens (including phenoxy) is 2. The summed E-state index contributed by atoms with van der Waals surface area (Å²) in [4.78, 5) is 4.92. The predicted molar refractivity (Wildman–Crippen MR) is 124 cm³/mol. The Labute approximate surface area is 190 Å². The fourth-order valence-corrected chi connectivity index (χ4v) is 5.39. The minimum atomic E-state index is -0.221. The van der Waals surface area contributed by atoms with Gasteiger partial charge in [0.05, 0.1) is 17.4 Å². The second-order valence-electron chi connectivity index (χ2n) is 9.17. The van der Waals surface area contributed by atoms with Crippen molar-refractivity contribution < 1.29 is 14.6 Å². The molecule has 0 aliphatic carbocycles. The standard InChI is InChI=1S/C26H31N3O3/c1-18(30)20-7-10-29(17-20)21-8-11-28(12-9-21)24-4-2-3-22(23(24)16-27)19-5-6-25-26(15-19)32-14-13-31-25/h2-6,15,18,20-21,30H,7-14,17H2,1H3. The fraction of sp³-hybridized carbons (Fsp3) is 0.500. The Morgan fingerprint density at radius 2 is 1.81 bits per heavy atom. The molecule has 0 radical (unpaired) electrons. The van der Waals surface area contributed by atoms with Gasteiger partial charge in [-0.05, 0) is 62.4 Å². The number of nitriles is 1.